The van der Waals surface area contributed by atoms with Gasteiger partial charge in [0.25, 0.3) is 0 Å². The van der Waals surface area contributed by atoms with Gasteiger partial charge < -0.3 is 24.5 Å². The lowest BCUT2D eigenvalue weighted by Crippen LogP contribution is -2.56. The molecule has 0 aromatic carbocycles. The molecule has 1 aromatic heterocycles. The van der Waals surface area contributed by atoms with Crippen LogP contribution in [0.2, 0.25) is 0 Å². The molecule has 0 amide bonds. The lowest BCUT2D eigenvalue weighted by molar-refractivity contribution is -0.184. The maximum atomic E-state index is 7.10. The summed E-state index contributed by atoms with van der Waals surface area (Å²) in [6.45, 7) is 11.0. The van der Waals surface area contributed by atoms with Crippen molar-refractivity contribution < 1.29 is 13.9 Å². The molecule has 2 N–H and O–H groups in total. The lowest BCUT2D eigenvalue weighted by Gasteiger charge is -2.62. The molecule has 5 nitrogen and oxygen atoms in total. The highest BCUT2D eigenvalue weighted by molar-refractivity contribution is 5.27. The molecule has 1 aliphatic heterocycles. The molecular formula is C31H50N2O3. The van der Waals surface area contributed by atoms with Gasteiger partial charge in [-0.25, -0.2) is 0 Å². The van der Waals surface area contributed by atoms with Crippen LogP contribution >= 0.6 is 0 Å². The summed E-state index contributed by atoms with van der Waals surface area (Å²) in [6, 6.07) is 2.20. The van der Waals surface area contributed by atoms with Gasteiger partial charge in [-0.1, -0.05) is 13.8 Å². The molecule has 6 rings (SSSR count). The number of rotatable bonds is 8. The summed E-state index contributed by atoms with van der Waals surface area (Å²) in [6.07, 6.45) is 18.6. The zero-order valence-electron chi connectivity index (χ0n) is 22.9. The SMILES string of the molecule is C[C@]12CCC(OCCN)CC1CC[C@@H]1[C@H]2CC[C@@]2(C)[C@H]1CCC2(OCCN1CCCC1)c1ccoc1. The molecule has 0 radical (unpaired) electrons. The lowest BCUT2D eigenvalue weighted by atomic mass is 9.44. The Kier molecular flexibility index (Phi) is 7.07. The van der Waals surface area contributed by atoms with Gasteiger partial charge in [-0.3, -0.25) is 0 Å². The van der Waals surface area contributed by atoms with Crippen LogP contribution in [-0.4, -0.2) is 50.4 Å². The Morgan fingerprint density at radius 1 is 1.00 bits per heavy atom. The van der Waals surface area contributed by atoms with Gasteiger partial charge in [-0.2, -0.15) is 0 Å². The quantitative estimate of drug-likeness (QED) is 0.478. The second kappa shape index (κ2) is 10.0. The summed E-state index contributed by atoms with van der Waals surface area (Å²) >= 11 is 0. The predicted molar refractivity (Wildman–Crippen MR) is 143 cm³/mol. The number of likely N-dealkylation sites (tertiary alicyclic amines) is 1. The zero-order valence-corrected chi connectivity index (χ0v) is 22.9. The summed E-state index contributed by atoms with van der Waals surface area (Å²) in [4.78, 5) is 2.59. The normalized spacial score (nSPS) is 44.8. The molecule has 8 atom stereocenters. The first-order valence-corrected chi connectivity index (χ1v) is 15.2. The van der Waals surface area contributed by atoms with Crippen molar-refractivity contribution in [1.82, 2.24) is 4.90 Å². The Hall–Kier alpha value is -0.880. The number of nitrogens with two attached hydrogens (primary N) is 1. The molecule has 1 saturated heterocycles. The van der Waals surface area contributed by atoms with Gasteiger partial charge in [-0.15, -0.1) is 0 Å². The zero-order chi connectivity index (χ0) is 24.8. The Morgan fingerprint density at radius 2 is 1.83 bits per heavy atom. The van der Waals surface area contributed by atoms with Crippen molar-refractivity contribution in [3.63, 3.8) is 0 Å². The predicted octanol–water partition coefficient (Wildman–Crippen LogP) is 5.97. The fraction of sp³-hybridized carbons (Fsp3) is 0.871. The van der Waals surface area contributed by atoms with Crippen LogP contribution in [0.25, 0.3) is 0 Å². The van der Waals surface area contributed by atoms with Crippen molar-refractivity contribution >= 4 is 0 Å². The second-order valence-electron chi connectivity index (χ2n) is 13.4. The highest BCUT2D eigenvalue weighted by atomic mass is 16.5. The van der Waals surface area contributed by atoms with E-state index in [0.717, 1.165) is 43.2 Å². The van der Waals surface area contributed by atoms with Crippen LogP contribution in [0.15, 0.2) is 23.0 Å². The molecule has 5 heteroatoms. The Balaban J connectivity index is 1.21. The van der Waals surface area contributed by atoms with Gasteiger partial charge in [0, 0.05) is 24.1 Å². The molecule has 36 heavy (non-hydrogen) atoms. The number of fused-ring (bicyclic) bond motifs is 5. The van der Waals surface area contributed by atoms with Gasteiger partial charge in [0.15, 0.2) is 0 Å². The van der Waals surface area contributed by atoms with Crippen LogP contribution in [0.4, 0.5) is 0 Å². The van der Waals surface area contributed by atoms with Crippen molar-refractivity contribution in [3.05, 3.63) is 24.2 Å². The van der Waals surface area contributed by atoms with E-state index < -0.39 is 0 Å². The van der Waals surface area contributed by atoms with E-state index in [1.54, 1.807) is 0 Å². The van der Waals surface area contributed by atoms with Crippen LogP contribution < -0.4 is 5.73 Å². The molecule has 4 saturated carbocycles. The van der Waals surface area contributed by atoms with E-state index in [-0.39, 0.29) is 11.0 Å². The van der Waals surface area contributed by atoms with E-state index in [0.29, 0.717) is 24.7 Å². The van der Waals surface area contributed by atoms with E-state index in [1.165, 1.54) is 82.9 Å². The topological polar surface area (TPSA) is 60.9 Å². The maximum Gasteiger partial charge on any atom is 0.102 e. The fourth-order valence-corrected chi connectivity index (χ4v) is 10.2. The third kappa shape index (κ3) is 4.03. The van der Waals surface area contributed by atoms with E-state index in [4.69, 9.17) is 19.6 Å². The molecular weight excluding hydrogens is 448 g/mol. The van der Waals surface area contributed by atoms with Crippen LogP contribution in [0.5, 0.6) is 0 Å². The Bertz CT molecular complexity index is 869. The summed E-state index contributed by atoms with van der Waals surface area (Å²) in [5, 5.41) is 0. The fourth-order valence-electron chi connectivity index (χ4n) is 10.2. The molecule has 0 spiro atoms. The summed E-state index contributed by atoms with van der Waals surface area (Å²) in [5.74, 6) is 3.26. The van der Waals surface area contributed by atoms with Gasteiger partial charge in [-0.05, 0) is 119 Å². The monoisotopic (exact) mass is 498 g/mol. The third-order valence-electron chi connectivity index (χ3n) is 12.2. The molecule has 3 unspecified atom stereocenters. The van der Waals surface area contributed by atoms with E-state index in [1.807, 2.05) is 12.5 Å². The van der Waals surface area contributed by atoms with Crippen LogP contribution in [0.1, 0.15) is 90.0 Å². The van der Waals surface area contributed by atoms with Crippen molar-refractivity contribution in [2.24, 2.45) is 40.2 Å². The average Bonchev–Trinajstić information content (AvgIpc) is 3.64. The standard InChI is InChI=1S/C31H50N2O3/c1-29-11-7-25(35-19-14-32)21-23(29)5-6-26-27(29)8-12-30(2)28(26)9-13-31(30,24-10-18-34-22-24)36-20-17-33-15-3-4-16-33/h10,18,22-23,25-28H,3-9,11-17,19-21,32H2,1-2H3/t23?,25?,26-,27-,28+,29+,30+,31?/m1/s1. The molecule has 2 heterocycles. The summed E-state index contributed by atoms with van der Waals surface area (Å²) < 4.78 is 18.9. The Labute approximate surface area is 218 Å². The van der Waals surface area contributed by atoms with Crippen molar-refractivity contribution in [2.45, 2.75) is 96.2 Å². The van der Waals surface area contributed by atoms with Crippen LogP contribution in [0.3, 0.4) is 0 Å². The van der Waals surface area contributed by atoms with E-state index in [2.05, 4.69) is 24.8 Å². The number of furan rings is 1. The van der Waals surface area contributed by atoms with E-state index in [9.17, 15) is 0 Å². The van der Waals surface area contributed by atoms with Crippen molar-refractivity contribution in [1.29, 1.82) is 0 Å². The first-order chi connectivity index (χ1) is 17.5. The number of hydrogen-bond acceptors (Lipinski definition) is 5. The number of hydrogen-bond donors (Lipinski definition) is 1. The first kappa shape index (κ1) is 25.4. The van der Waals surface area contributed by atoms with Gasteiger partial charge in [0.2, 0.25) is 0 Å². The van der Waals surface area contributed by atoms with E-state index >= 15 is 0 Å². The summed E-state index contributed by atoms with van der Waals surface area (Å²) in [7, 11) is 0. The van der Waals surface area contributed by atoms with Crippen LogP contribution in [-0.2, 0) is 15.1 Å². The van der Waals surface area contributed by atoms with Crippen molar-refractivity contribution in [2.75, 3.05) is 39.4 Å². The molecule has 0 bridgehead atoms. The van der Waals surface area contributed by atoms with Crippen LogP contribution in [0, 0.1) is 34.5 Å². The third-order valence-corrected chi connectivity index (χ3v) is 12.2. The van der Waals surface area contributed by atoms with Gasteiger partial charge in [0.1, 0.15) is 5.60 Å². The maximum absolute atomic E-state index is 7.10. The molecule has 5 fully saturated rings. The second-order valence-corrected chi connectivity index (χ2v) is 13.4. The minimum atomic E-state index is -0.194. The largest absolute Gasteiger partial charge is 0.472 e. The highest BCUT2D eigenvalue weighted by Crippen LogP contribution is 2.71. The smallest absolute Gasteiger partial charge is 0.102 e. The molecule has 4 aliphatic carbocycles. The molecule has 5 aliphatic rings. The minimum absolute atomic E-state index is 0.188. The summed E-state index contributed by atoms with van der Waals surface area (Å²) in [5.41, 5.74) is 7.50. The van der Waals surface area contributed by atoms with Gasteiger partial charge in [0.05, 0.1) is 31.8 Å². The first-order valence-electron chi connectivity index (χ1n) is 15.2. The molecule has 1 aromatic rings. The number of nitrogens with zero attached hydrogens (tertiary/aromatic N) is 1. The minimum Gasteiger partial charge on any atom is -0.472 e. The highest BCUT2D eigenvalue weighted by Gasteiger charge is 2.66. The average molecular weight is 499 g/mol. The molecule has 202 valence electrons. The van der Waals surface area contributed by atoms with Crippen molar-refractivity contribution in [3.8, 4) is 0 Å². The van der Waals surface area contributed by atoms with Gasteiger partial charge >= 0.3 is 0 Å². The number of ether oxygens (including phenoxy) is 2. The Morgan fingerprint density at radius 3 is 2.61 bits per heavy atom.